The van der Waals surface area contributed by atoms with Crippen molar-refractivity contribution >= 4 is 17.5 Å². The van der Waals surface area contributed by atoms with Gasteiger partial charge >= 0.3 is 0 Å². The van der Waals surface area contributed by atoms with Crippen LogP contribution in [0.4, 0.5) is 16.0 Å². The third-order valence-corrected chi connectivity index (χ3v) is 2.61. The number of carbonyl (C=O) groups is 1. The second-order valence-corrected chi connectivity index (χ2v) is 4.98. The molecule has 110 valence electrons. The van der Waals surface area contributed by atoms with E-state index < -0.39 is 0 Å². The first-order valence-corrected chi connectivity index (χ1v) is 6.63. The highest BCUT2D eigenvalue weighted by Gasteiger charge is 2.11. The lowest BCUT2D eigenvalue weighted by atomic mass is 10.2. The van der Waals surface area contributed by atoms with Crippen LogP contribution >= 0.6 is 0 Å². The lowest BCUT2D eigenvalue weighted by Gasteiger charge is -2.10. The summed E-state index contributed by atoms with van der Waals surface area (Å²) in [6, 6.07) is 7.33. The molecule has 2 N–H and O–H groups in total. The van der Waals surface area contributed by atoms with Crippen LogP contribution in [0.5, 0.6) is 0 Å². The van der Waals surface area contributed by atoms with Gasteiger partial charge in [0.1, 0.15) is 11.5 Å². The quantitative estimate of drug-likeness (QED) is 0.907. The molecule has 0 aliphatic heterocycles. The fourth-order valence-corrected chi connectivity index (χ4v) is 1.74. The lowest BCUT2D eigenvalue weighted by molar-refractivity contribution is 0.102. The third-order valence-electron chi connectivity index (χ3n) is 2.61. The number of amides is 1. The standard InChI is InChI=1S/C15H17FN4O/c1-9(2)17-15-18-10(3)8-13(20-15)14(21)19-12-6-4-11(16)5-7-12/h4-9H,1-3H3,(H,19,21)(H,17,18,20). The summed E-state index contributed by atoms with van der Waals surface area (Å²) in [5.74, 6) is -0.303. The molecule has 1 aromatic carbocycles. The van der Waals surface area contributed by atoms with Gasteiger partial charge in [-0.25, -0.2) is 14.4 Å². The SMILES string of the molecule is Cc1cc(C(=O)Nc2ccc(F)cc2)nc(NC(C)C)n1. The van der Waals surface area contributed by atoms with E-state index in [1.54, 1.807) is 13.0 Å². The van der Waals surface area contributed by atoms with Crippen LogP contribution in [-0.2, 0) is 0 Å². The summed E-state index contributed by atoms with van der Waals surface area (Å²) < 4.78 is 12.8. The molecule has 0 saturated carbocycles. The molecule has 0 saturated heterocycles. The maximum absolute atomic E-state index is 12.8. The number of nitrogens with one attached hydrogen (secondary N) is 2. The van der Waals surface area contributed by atoms with Gasteiger partial charge in [0, 0.05) is 17.4 Å². The number of aromatic nitrogens is 2. The zero-order chi connectivity index (χ0) is 15.4. The van der Waals surface area contributed by atoms with E-state index in [1.165, 1.54) is 24.3 Å². The largest absolute Gasteiger partial charge is 0.352 e. The van der Waals surface area contributed by atoms with Gasteiger partial charge in [-0.3, -0.25) is 4.79 Å². The van der Waals surface area contributed by atoms with Crippen molar-refractivity contribution in [3.63, 3.8) is 0 Å². The molecule has 6 heteroatoms. The minimum Gasteiger partial charge on any atom is -0.352 e. The average Bonchev–Trinajstić information content (AvgIpc) is 2.40. The van der Waals surface area contributed by atoms with Crippen molar-refractivity contribution in [2.45, 2.75) is 26.8 Å². The van der Waals surface area contributed by atoms with Crippen LogP contribution in [0.15, 0.2) is 30.3 Å². The molecule has 0 bridgehead atoms. The number of halogens is 1. The molecule has 0 atom stereocenters. The molecule has 2 rings (SSSR count). The zero-order valence-corrected chi connectivity index (χ0v) is 12.1. The third kappa shape index (κ3) is 4.24. The van der Waals surface area contributed by atoms with Crippen LogP contribution in [0, 0.1) is 12.7 Å². The summed E-state index contributed by atoms with van der Waals surface area (Å²) in [6.07, 6.45) is 0. The lowest BCUT2D eigenvalue weighted by Crippen LogP contribution is -2.18. The summed E-state index contributed by atoms with van der Waals surface area (Å²) in [5, 5.41) is 5.73. The fourth-order valence-electron chi connectivity index (χ4n) is 1.74. The van der Waals surface area contributed by atoms with Crippen molar-refractivity contribution < 1.29 is 9.18 Å². The van der Waals surface area contributed by atoms with Gasteiger partial charge in [-0.1, -0.05) is 0 Å². The van der Waals surface area contributed by atoms with E-state index in [0.29, 0.717) is 17.3 Å². The Morgan fingerprint density at radius 1 is 1.19 bits per heavy atom. The van der Waals surface area contributed by atoms with Gasteiger partial charge < -0.3 is 10.6 Å². The van der Waals surface area contributed by atoms with E-state index in [0.717, 1.165) is 0 Å². The van der Waals surface area contributed by atoms with Crippen LogP contribution in [0.25, 0.3) is 0 Å². The first kappa shape index (κ1) is 14.9. The number of hydrogen-bond acceptors (Lipinski definition) is 4. The maximum Gasteiger partial charge on any atom is 0.274 e. The summed E-state index contributed by atoms with van der Waals surface area (Å²) in [5.41, 5.74) is 1.46. The van der Waals surface area contributed by atoms with E-state index in [9.17, 15) is 9.18 Å². The highest BCUT2D eigenvalue weighted by Crippen LogP contribution is 2.11. The number of aryl methyl sites for hydroxylation is 1. The molecule has 0 unspecified atom stereocenters. The van der Waals surface area contributed by atoms with Crippen LogP contribution in [0.2, 0.25) is 0 Å². The first-order chi connectivity index (χ1) is 9.94. The predicted octanol–water partition coefficient (Wildman–Crippen LogP) is 3.00. The molecule has 0 aliphatic rings. The fraction of sp³-hybridized carbons (Fsp3) is 0.267. The Kier molecular flexibility index (Phi) is 4.47. The minimum absolute atomic E-state index is 0.166. The van der Waals surface area contributed by atoms with E-state index in [-0.39, 0.29) is 23.5 Å². The van der Waals surface area contributed by atoms with E-state index in [4.69, 9.17) is 0 Å². The number of hydrogen-bond donors (Lipinski definition) is 2. The maximum atomic E-state index is 12.8. The molecule has 1 heterocycles. The van der Waals surface area contributed by atoms with E-state index in [1.807, 2.05) is 13.8 Å². The van der Waals surface area contributed by atoms with Crippen molar-refractivity contribution in [2.75, 3.05) is 10.6 Å². The van der Waals surface area contributed by atoms with Crippen molar-refractivity contribution in [1.82, 2.24) is 9.97 Å². The van der Waals surface area contributed by atoms with Crippen LogP contribution in [-0.4, -0.2) is 21.9 Å². The number of nitrogens with zero attached hydrogens (tertiary/aromatic N) is 2. The Bertz CT molecular complexity index is 641. The summed E-state index contributed by atoms with van der Waals surface area (Å²) in [6.45, 7) is 5.72. The van der Waals surface area contributed by atoms with Gasteiger partial charge in [-0.05, 0) is 51.1 Å². The number of benzene rings is 1. The Balaban J connectivity index is 2.18. The Morgan fingerprint density at radius 3 is 2.48 bits per heavy atom. The van der Waals surface area contributed by atoms with Crippen molar-refractivity contribution in [1.29, 1.82) is 0 Å². The summed E-state index contributed by atoms with van der Waals surface area (Å²) in [7, 11) is 0. The van der Waals surface area contributed by atoms with Crippen molar-refractivity contribution in [2.24, 2.45) is 0 Å². The summed E-state index contributed by atoms with van der Waals surface area (Å²) in [4.78, 5) is 20.6. The molecule has 5 nitrogen and oxygen atoms in total. The molecule has 0 radical (unpaired) electrons. The zero-order valence-electron chi connectivity index (χ0n) is 12.1. The predicted molar refractivity (Wildman–Crippen MR) is 79.9 cm³/mol. The Labute approximate surface area is 122 Å². The molecule has 1 amide bonds. The van der Waals surface area contributed by atoms with Gasteiger partial charge in [-0.15, -0.1) is 0 Å². The molecular formula is C15H17FN4O. The van der Waals surface area contributed by atoms with Gasteiger partial charge in [0.15, 0.2) is 0 Å². The molecule has 21 heavy (non-hydrogen) atoms. The molecule has 0 fully saturated rings. The minimum atomic E-state index is -0.362. The highest BCUT2D eigenvalue weighted by atomic mass is 19.1. The van der Waals surface area contributed by atoms with Crippen LogP contribution in [0.3, 0.4) is 0 Å². The van der Waals surface area contributed by atoms with Gasteiger partial charge in [0.05, 0.1) is 0 Å². The van der Waals surface area contributed by atoms with Gasteiger partial charge in [0.2, 0.25) is 5.95 Å². The highest BCUT2D eigenvalue weighted by molar-refractivity contribution is 6.03. The Morgan fingerprint density at radius 2 is 1.86 bits per heavy atom. The van der Waals surface area contributed by atoms with Crippen LogP contribution in [0.1, 0.15) is 30.0 Å². The number of carbonyl (C=O) groups excluding carboxylic acids is 1. The number of rotatable bonds is 4. The summed E-state index contributed by atoms with van der Waals surface area (Å²) >= 11 is 0. The monoisotopic (exact) mass is 288 g/mol. The second-order valence-electron chi connectivity index (χ2n) is 4.98. The molecule has 2 aromatic rings. The topological polar surface area (TPSA) is 66.9 Å². The smallest absolute Gasteiger partial charge is 0.274 e. The number of anilines is 2. The molecule has 0 aliphatic carbocycles. The molecular weight excluding hydrogens is 271 g/mol. The van der Waals surface area contributed by atoms with Gasteiger partial charge in [0.25, 0.3) is 5.91 Å². The van der Waals surface area contributed by atoms with Crippen molar-refractivity contribution in [3.05, 3.63) is 47.5 Å². The molecule has 1 aromatic heterocycles. The normalized spacial score (nSPS) is 10.5. The van der Waals surface area contributed by atoms with E-state index in [2.05, 4.69) is 20.6 Å². The Hall–Kier alpha value is -2.50. The second kappa shape index (κ2) is 6.30. The molecule has 0 spiro atoms. The van der Waals surface area contributed by atoms with E-state index >= 15 is 0 Å². The average molecular weight is 288 g/mol. The van der Waals surface area contributed by atoms with Gasteiger partial charge in [-0.2, -0.15) is 0 Å². The van der Waals surface area contributed by atoms with Crippen molar-refractivity contribution in [3.8, 4) is 0 Å². The first-order valence-electron chi connectivity index (χ1n) is 6.63. The van der Waals surface area contributed by atoms with Crippen LogP contribution < -0.4 is 10.6 Å².